The zero-order valence-corrected chi connectivity index (χ0v) is 29.0. The molecule has 2 aliphatic rings. The molecule has 46 heavy (non-hydrogen) atoms. The van der Waals surface area contributed by atoms with Gasteiger partial charge >= 0.3 is 0 Å². The predicted octanol–water partition coefficient (Wildman–Crippen LogP) is 9.97. The van der Waals surface area contributed by atoms with Gasteiger partial charge in [0, 0.05) is 36.3 Å². The fourth-order valence-corrected chi connectivity index (χ4v) is 8.33. The number of para-hydroxylation sites is 1. The highest BCUT2D eigenvalue weighted by atomic mass is 35.5. The maximum atomic E-state index is 6.98. The Kier molecular flexibility index (Phi) is 10.4. The summed E-state index contributed by atoms with van der Waals surface area (Å²) in [5, 5.41) is 4.76. The summed E-state index contributed by atoms with van der Waals surface area (Å²) in [4.78, 5) is 10.2. The molecule has 3 aromatic carbocycles. The Hall–Kier alpha value is -3.28. The summed E-state index contributed by atoms with van der Waals surface area (Å²) in [5.41, 5.74) is 6.07. The van der Waals surface area contributed by atoms with Crippen LogP contribution in [0.4, 0.5) is 11.6 Å². The molecule has 0 bridgehead atoms. The van der Waals surface area contributed by atoms with E-state index in [0.29, 0.717) is 29.7 Å². The molecule has 1 aliphatic heterocycles. The molecule has 4 aromatic rings. The van der Waals surface area contributed by atoms with Crippen LogP contribution in [0, 0.1) is 30.6 Å². The van der Waals surface area contributed by atoms with Crippen molar-refractivity contribution >= 4 is 23.2 Å². The van der Waals surface area contributed by atoms with E-state index in [1.165, 1.54) is 23.1 Å². The number of nitrogens with zero attached hydrogens (tertiary/aromatic N) is 3. The van der Waals surface area contributed by atoms with Crippen LogP contribution in [0.15, 0.2) is 83.3 Å². The highest BCUT2D eigenvalue weighted by Crippen LogP contribution is 2.45. The number of hydrogen-bond donors (Lipinski definition) is 1. The number of aromatic nitrogens is 1. The number of aryl methyl sites for hydroxylation is 1. The Morgan fingerprint density at radius 1 is 0.870 bits per heavy atom. The molecule has 0 amide bonds. The largest absolute Gasteiger partial charge is 0.423 e. The van der Waals surface area contributed by atoms with Gasteiger partial charge < -0.3 is 19.5 Å². The van der Waals surface area contributed by atoms with Crippen molar-refractivity contribution < 1.29 is 4.42 Å². The molecule has 4 atom stereocenters. The first-order valence-electron chi connectivity index (χ1n) is 17.3. The molecule has 6 rings (SSSR count). The van der Waals surface area contributed by atoms with Crippen LogP contribution in [-0.4, -0.2) is 37.1 Å². The van der Waals surface area contributed by atoms with Gasteiger partial charge in [-0.25, -0.2) is 4.98 Å². The summed E-state index contributed by atoms with van der Waals surface area (Å²) in [6.07, 6.45) is 6.59. The van der Waals surface area contributed by atoms with Crippen molar-refractivity contribution in [3.05, 3.63) is 112 Å². The quantitative estimate of drug-likeness (QED) is 0.187. The molecule has 1 aliphatic carbocycles. The Balaban J connectivity index is 1.31. The van der Waals surface area contributed by atoms with Crippen LogP contribution in [0.25, 0.3) is 0 Å². The standard InChI is InChI=1S/C40H51ClN4O/c1-27-23-28(2)26-45(25-27)40-36(24-30-12-7-6-8-13-30)43-39(46-40)37(42-35-14-10-9-11-29(35)3)31-15-17-32(18-16-31)38(44(4)5)33-19-21-34(41)22-20-33/h6-14,19-22,27-28,31-32,37-38,42H,15-18,23-26H2,1-5H3. The Labute approximate surface area is 281 Å². The van der Waals surface area contributed by atoms with Crippen molar-refractivity contribution in [2.75, 3.05) is 37.4 Å². The van der Waals surface area contributed by atoms with Gasteiger partial charge in [-0.3, -0.25) is 0 Å². The topological polar surface area (TPSA) is 44.5 Å². The average Bonchev–Trinajstić information content (AvgIpc) is 3.45. The maximum absolute atomic E-state index is 6.98. The lowest BCUT2D eigenvalue weighted by atomic mass is 9.74. The second-order valence-corrected chi connectivity index (χ2v) is 14.8. The Bertz CT molecular complexity index is 1530. The smallest absolute Gasteiger partial charge is 0.220 e. The Morgan fingerprint density at radius 3 is 2.15 bits per heavy atom. The van der Waals surface area contributed by atoms with Gasteiger partial charge in [0.2, 0.25) is 11.8 Å². The van der Waals surface area contributed by atoms with Gasteiger partial charge in [0.05, 0.1) is 0 Å². The molecule has 4 unspecified atom stereocenters. The van der Waals surface area contributed by atoms with Crippen LogP contribution < -0.4 is 10.2 Å². The maximum Gasteiger partial charge on any atom is 0.220 e. The lowest BCUT2D eigenvalue weighted by Crippen LogP contribution is -2.39. The molecule has 1 saturated carbocycles. The zero-order valence-electron chi connectivity index (χ0n) is 28.3. The van der Waals surface area contributed by atoms with Crippen molar-refractivity contribution in [1.29, 1.82) is 0 Å². The van der Waals surface area contributed by atoms with Crippen molar-refractivity contribution in [3.8, 4) is 0 Å². The molecule has 1 saturated heterocycles. The van der Waals surface area contributed by atoms with Crippen LogP contribution in [0.2, 0.25) is 5.02 Å². The third-order valence-corrected chi connectivity index (χ3v) is 10.5. The second-order valence-electron chi connectivity index (χ2n) is 14.4. The molecule has 6 heteroatoms. The highest BCUT2D eigenvalue weighted by molar-refractivity contribution is 6.30. The first-order valence-corrected chi connectivity index (χ1v) is 17.7. The van der Waals surface area contributed by atoms with E-state index in [9.17, 15) is 0 Å². The lowest BCUT2D eigenvalue weighted by molar-refractivity contribution is 0.139. The van der Waals surface area contributed by atoms with Gasteiger partial charge in [0.1, 0.15) is 11.7 Å². The van der Waals surface area contributed by atoms with Crippen LogP contribution >= 0.6 is 11.6 Å². The normalized spacial score (nSPS) is 23.3. The van der Waals surface area contributed by atoms with Gasteiger partial charge in [-0.2, -0.15) is 0 Å². The van der Waals surface area contributed by atoms with Crippen molar-refractivity contribution in [3.63, 3.8) is 0 Å². The van der Waals surface area contributed by atoms with E-state index in [-0.39, 0.29) is 6.04 Å². The second kappa shape index (κ2) is 14.6. The van der Waals surface area contributed by atoms with E-state index in [2.05, 4.69) is 117 Å². The van der Waals surface area contributed by atoms with Crippen molar-refractivity contribution in [2.45, 2.75) is 71.4 Å². The monoisotopic (exact) mass is 638 g/mol. The van der Waals surface area contributed by atoms with Gasteiger partial charge in [0.25, 0.3) is 0 Å². The number of halogens is 1. The molecule has 5 nitrogen and oxygen atoms in total. The summed E-state index contributed by atoms with van der Waals surface area (Å²) < 4.78 is 6.98. The number of nitrogens with one attached hydrogen (secondary N) is 1. The van der Waals surface area contributed by atoms with Gasteiger partial charge in [-0.1, -0.05) is 86.1 Å². The third kappa shape index (κ3) is 7.64. The molecule has 2 fully saturated rings. The molecule has 1 N–H and O–H groups in total. The summed E-state index contributed by atoms with van der Waals surface area (Å²) in [6, 6.07) is 28.1. The summed E-state index contributed by atoms with van der Waals surface area (Å²) in [6.45, 7) is 8.94. The first kappa shape index (κ1) is 32.7. The van der Waals surface area contributed by atoms with Gasteiger partial charge in [-0.05, 0) is 112 Å². The minimum absolute atomic E-state index is 0.00158. The molecule has 0 spiro atoms. The molecular weight excluding hydrogens is 588 g/mol. The third-order valence-electron chi connectivity index (χ3n) is 10.3. The molecular formula is C40H51ClN4O. The van der Waals surface area contributed by atoms with Crippen molar-refractivity contribution in [1.82, 2.24) is 9.88 Å². The number of benzene rings is 3. The Morgan fingerprint density at radius 2 is 1.50 bits per heavy atom. The fourth-order valence-electron chi connectivity index (χ4n) is 8.20. The van der Waals surface area contributed by atoms with Crippen LogP contribution in [0.3, 0.4) is 0 Å². The van der Waals surface area contributed by atoms with Gasteiger partial charge in [-0.15, -0.1) is 0 Å². The lowest BCUT2D eigenvalue weighted by Gasteiger charge is -2.39. The van der Waals surface area contributed by atoms with E-state index in [1.54, 1.807) is 0 Å². The van der Waals surface area contributed by atoms with Crippen molar-refractivity contribution in [2.24, 2.45) is 23.7 Å². The molecule has 0 radical (unpaired) electrons. The SMILES string of the molecule is Cc1ccccc1NC(c1nc(Cc2ccccc2)c(N2CC(C)CC(C)C2)o1)C1CCC(C(c2ccc(Cl)cc2)N(C)C)CC1. The summed E-state index contributed by atoms with van der Waals surface area (Å²) >= 11 is 6.25. The molecule has 2 heterocycles. The molecule has 1 aromatic heterocycles. The van der Waals surface area contributed by atoms with E-state index >= 15 is 0 Å². The van der Waals surface area contributed by atoms with Crippen LogP contribution in [-0.2, 0) is 6.42 Å². The number of piperidine rings is 1. The minimum Gasteiger partial charge on any atom is -0.423 e. The molecule has 244 valence electrons. The van der Waals surface area contributed by atoms with E-state index < -0.39 is 0 Å². The predicted molar refractivity (Wildman–Crippen MR) is 192 cm³/mol. The number of rotatable bonds is 10. The van der Waals surface area contributed by atoms with Gasteiger partial charge in [0.15, 0.2) is 0 Å². The zero-order chi connectivity index (χ0) is 32.2. The minimum atomic E-state index is -0.00158. The van der Waals surface area contributed by atoms with E-state index in [1.807, 2.05) is 12.1 Å². The average molecular weight is 639 g/mol. The summed E-state index contributed by atoms with van der Waals surface area (Å²) in [7, 11) is 4.41. The first-order chi connectivity index (χ1) is 22.2. The van der Waals surface area contributed by atoms with Crippen LogP contribution in [0.1, 0.15) is 86.3 Å². The number of anilines is 2. The van der Waals surface area contributed by atoms with Crippen LogP contribution in [0.5, 0.6) is 0 Å². The van der Waals surface area contributed by atoms with E-state index in [4.69, 9.17) is 21.0 Å². The highest BCUT2D eigenvalue weighted by Gasteiger charge is 2.37. The number of oxazole rings is 1. The van der Waals surface area contributed by atoms with E-state index in [0.717, 1.165) is 73.4 Å². The fraction of sp³-hybridized carbons (Fsp3) is 0.475. The number of hydrogen-bond acceptors (Lipinski definition) is 5. The summed E-state index contributed by atoms with van der Waals surface area (Å²) in [5.74, 6) is 4.06.